The van der Waals surface area contributed by atoms with Crippen molar-refractivity contribution in [2.75, 3.05) is 99.2 Å². The lowest BCUT2D eigenvalue weighted by Gasteiger charge is -2.33. The van der Waals surface area contributed by atoms with Crippen LogP contribution in [-0.4, -0.2) is 168 Å². The molecule has 0 bridgehead atoms. The Morgan fingerprint density at radius 1 is 0.588 bits per heavy atom. The predicted octanol–water partition coefficient (Wildman–Crippen LogP) is 0.351. The lowest BCUT2D eigenvalue weighted by atomic mass is 10.1. The number of carbonyl (C=O) groups is 4. The highest BCUT2D eigenvalue weighted by Gasteiger charge is 2.38. The van der Waals surface area contributed by atoms with Crippen molar-refractivity contribution in [2.45, 2.75) is 55.9 Å². The maximum Gasteiger partial charge on any atom is 0.273 e. The third-order valence-electron chi connectivity index (χ3n) is 11.9. The molecule has 6 heterocycles. The Kier molecular flexibility index (Phi) is 15.1. The number of morpholine rings is 2. The molecule has 2 aromatic carbocycles. The van der Waals surface area contributed by atoms with Crippen molar-refractivity contribution in [2.24, 2.45) is 17.2 Å². The second-order valence-electron chi connectivity index (χ2n) is 17.1. The third kappa shape index (κ3) is 12.1. The fourth-order valence-corrected chi connectivity index (χ4v) is 9.73. The van der Waals surface area contributed by atoms with Crippen molar-refractivity contribution in [3.8, 4) is 0 Å². The van der Waals surface area contributed by atoms with Crippen LogP contribution in [-0.2, 0) is 19.5 Å². The molecule has 24 nitrogen and oxygen atoms in total. The van der Waals surface area contributed by atoms with Crippen molar-refractivity contribution >= 4 is 68.6 Å². The minimum Gasteiger partial charge on any atom is -0.378 e. The van der Waals surface area contributed by atoms with Gasteiger partial charge in [0.25, 0.3) is 23.6 Å². The van der Waals surface area contributed by atoms with E-state index in [1.165, 1.54) is 0 Å². The van der Waals surface area contributed by atoms with E-state index in [1.54, 1.807) is 58.3 Å². The van der Waals surface area contributed by atoms with E-state index in [0.29, 0.717) is 114 Å². The van der Waals surface area contributed by atoms with Gasteiger partial charge in [0.05, 0.1) is 31.7 Å². The van der Waals surface area contributed by atoms with E-state index >= 15 is 0 Å². The third-order valence-corrected chi connectivity index (χ3v) is 14.0. The largest absolute Gasteiger partial charge is 0.378 e. The summed E-state index contributed by atoms with van der Waals surface area (Å²) in [6.45, 7) is 6.80. The second-order valence-corrected chi connectivity index (χ2v) is 19.0. The van der Waals surface area contributed by atoms with Gasteiger partial charge in [-0.3, -0.25) is 19.2 Å². The van der Waals surface area contributed by atoms with Gasteiger partial charge in [-0.05, 0) is 87.1 Å². The summed E-state index contributed by atoms with van der Waals surface area (Å²) in [5.74, 6) is -0.640. The van der Waals surface area contributed by atoms with Crippen molar-refractivity contribution in [3.63, 3.8) is 0 Å². The molecule has 68 heavy (non-hydrogen) atoms. The number of hydrogen-bond donors (Lipinski definition) is 6. The fraction of sp³-hybridized carbons (Fsp3) is 0.488. The molecule has 5 fully saturated rings. The molecular weight excluding hydrogens is 901 g/mol. The number of hydrogen-bond acceptors (Lipinski definition) is 19. The standard InChI is InChI=1S/C23H30N8O5S.C20H26N8O3/c24-20(32)19-21(25-16-5-3-15(4-6-16)22(33)30-10-12-36-13-11-30)26-23(28-27-19)31-9-1-2-17(14-31)29-37(34,35)18-7-8-18;21-14-2-1-7-28(12-14)20-24-18(16(17(22)29)25-26-20)23-15-5-3-13(4-6-15)19(30)27-8-10-31-11-9-27/h3-6,17-18,29H,1-2,7-14H2,(H2,24,32)(H,25,26,28);3-6,14H,1-2,7-12,21H2,(H2,22,29)(H,23,24,26)/t17-;14-/m11/s1. The minimum atomic E-state index is -3.32. The van der Waals surface area contributed by atoms with E-state index in [0.717, 1.165) is 32.2 Å². The quantitative estimate of drug-likeness (QED) is 0.105. The van der Waals surface area contributed by atoms with Crippen LogP contribution in [0.15, 0.2) is 48.5 Å². The second kappa shape index (κ2) is 21.5. The van der Waals surface area contributed by atoms with Crippen LogP contribution in [0, 0.1) is 0 Å². The molecule has 5 aliphatic rings. The summed E-state index contributed by atoms with van der Waals surface area (Å²) >= 11 is 0. The van der Waals surface area contributed by atoms with Crippen molar-refractivity contribution in [1.29, 1.82) is 0 Å². The van der Waals surface area contributed by atoms with Crippen LogP contribution in [0.5, 0.6) is 0 Å². The van der Waals surface area contributed by atoms with E-state index < -0.39 is 21.8 Å². The zero-order valence-corrected chi connectivity index (χ0v) is 38.3. The van der Waals surface area contributed by atoms with Crippen LogP contribution >= 0.6 is 0 Å². The van der Waals surface area contributed by atoms with Crippen molar-refractivity contribution < 1.29 is 37.1 Å². The number of sulfonamides is 1. The number of carbonyl (C=O) groups excluding carboxylic acids is 4. The minimum absolute atomic E-state index is 0.0416. The molecule has 362 valence electrons. The van der Waals surface area contributed by atoms with E-state index in [1.807, 2.05) is 9.80 Å². The highest BCUT2D eigenvalue weighted by Crippen LogP contribution is 2.29. The van der Waals surface area contributed by atoms with E-state index in [9.17, 15) is 27.6 Å². The summed E-state index contributed by atoms with van der Waals surface area (Å²) in [6.07, 6.45) is 4.75. The van der Waals surface area contributed by atoms with Gasteiger partial charge in [0.2, 0.25) is 21.9 Å². The molecule has 4 amide bonds. The van der Waals surface area contributed by atoms with Gasteiger partial charge in [-0.1, -0.05) is 0 Å². The first-order valence-corrected chi connectivity index (χ1v) is 24.2. The Morgan fingerprint density at radius 2 is 1.03 bits per heavy atom. The molecule has 2 aromatic heterocycles. The molecule has 9 N–H and O–H groups in total. The average molecular weight is 957 g/mol. The number of aromatic nitrogens is 6. The number of rotatable bonds is 13. The molecule has 0 radical (unpaired) electrons. The van der Waals surface area contributed by atoms with Crippen molar-refractivity contribution in [3.05, 3.63) is 71.0 Å². The van der Waals surface area contributed by atoms with Crippen molar-refractivity contribution in [1.82, 2.24) is 44.9 Å². The first kappa shape index (κ1) is 47.8. The number of ether oxygens (including phenoxy) is 2. The number of anilines is 6. The lowest BCUT2D eigenvalue weighted by molar-refractivity contribution is 0.0301. The molecule has 0 spiro atoms. The summed E-state index contributed by atoms with van der Waals surface area (Å²) in [7, 11) is -3.32. The zero-order valence-electron chi connectivity index (χ0n) is 37.5. The van der Waals surface area contributed by atoms with Crippen LogP contribution in [0.4, 0.5) is 34.9 Å². The molecule has 4 aliphatic heterocycles. The van der Waals surface area contributed by atoms with Gasteiger partial charge in [0.15, 0.2) is 23.0 Å². The predicted molar refractivity (Wildman–Crippen MR) is 249 cm³/mol. The average Bonchev–Trinajstić information content (AvgIpc) is 4.22. The van der Waals surface area contributed by atoms with Gasteiger partial charge in [-0.2, -0.15) is 9.97 Å². The SMILES string of the molecule is NC(=O)c1nnc(N2CCC[C@@H](N)C2)nc1Nc1ccc(C(=O)N2CCOCC2)cc1.NC(=O)c1nnc(N2CCC[C@@H](NS(=O)(=O)C3CC3)C2)nc1Nc1ccc(C(=O)N2CCOCC2)cc1. The van der Waals surface area contributed by atoms with Gasteiger partial charge in [0, 0.05) is 86.9 Å². The number of primary amides is 2. The van der Waals surface area contributed by atoms with Crippen LogP contribution in [0.2, 0.25) is 0 Å². The first-order valence-electron chi connectivity index (χ1n) is 22.6. The smallest absolute Gasteiger partial charge is 0.273 e. The molecule has 9 rings (SSSR count). The summed E-state index contributed by atoms with van der Waals surface area (Å²) in [6, 6.07) is 13.5. The topological polar surface area (TPSA) is 325 Å². The monoisotopic (exact) mass is 956 g/mol. The molecular formula is C43H56N16O8S. The van der Waals surface area contributed by atoms with E-state index in [2.05, 4.69) is 45.7 Å². The summed E-state index contributed by atoms with van der Waals surface area (Å²) in [4.78, 5) is 65.4. The number of nitrogens with zero attached hydrogens (tertiary/aromatic N) is 10. The van der Waals surface area contributed by atoms with Gasteiger partial charge < -0.3 is 56.9 Å². The fourth-order valence-electron chi connectivity index (χ4n) is 8.13. The van der Waals surface area contributed by atoms with Gasteiger partial charge in [0.1, 0.15) is 0 Å². The van der Waals surface area contributed by atoms with Gasteiger partial charge in [-0.25, -0.2) is 13.1 Å². The highest BCUT2D eigenvalue weighted by molar-refractivity contribution is 7.90. The Hall–Kier alpha value is -6.67. The highest BCUT2D eigenvalue weighted by atomic mass is 32.2. The van der Waals surface area contributed by atoms with Crippen LogP contribution < -0.4 is 42.4 Å². The van der Waals surface area contributed by atoms with Gasteiger partial charge in [-0.15, -0.1) is 20.4 Å². The normalized spacial score (nSPS) is 19.9. The molecule has 4 aromatic rings. The summed E-state index contributed by atoms with van der Waals surface area (Å²) in [5.41, 5.74) is 19.2. The lowest BCUT2D eigenvalue weighted by Crippen LogP contribution is -2.49. The number of nitrogens with one attached hydrogen (secondary N) is 3. The molecule has 1 saturated carbocycles. The Morgan fingerprint density at radius 3 is 1.46 bits per heavy atom. The Bertz CT molecular complexity index is 2560. The Balaban J connectivity index is 0.000000187. The Labute approximate surface area is 392 Å². The molecule has 25 heteroatoms. The summed E-state index contributed by atoms with van der Waals surface area (Å²) < 4.78 is 38.1. The summed E-state index contributed by atoms with van der Waals surface area (Å²) in [5, 5.41) is 21.9. The molecule has 0 unspecified atom stereocenters. The van der Waals surface area contributed by atoms with Crippen LogP contribution in [0.3, 0.4) is 0 Å². The van der Waals surface area contributed by atoms with Gasteiger partial charge >= 0.3 is 0 Å². The molecule has 1 aliphatic carbocycles. The number of amides is 4. The molecule has 2 atom stereocenters. The number of benzene rings is 2. The molecule has 4 saturated heterocycles. The van der Waals surface area contributed by atoms with Crippen LogP contribution in [0.1, 0.15) is 80.2 Å². The number of piperidine rings is 2. The van der Waals surface area contributed by atoms with E-state index in [4.69, 9.17) is 26.7 Å². The van der Waals surface area contributed by atoms with Crippen LogP contribution in [0.25, 0.3) is 0 Å². The van der Waals surface area contributed by atoms with E-state index in [-0.39, 0.29) is 58.1 Å². The maximum atomic E-state index is 12.7. The number of nitrogens with two attached hydrogens (primary N) is 3. The first-order chi connectivity index (χ1) is 32.8. The zero-order chi connectivity index (χ0) is 47.8. The maximum absolute atomic E-state index is 12.7.